The predicted molar refractivity (Wildman–Crippen MR) is 59.5 cm³/mol. The lowest BCUT2D eigenvalue weighted by molar-refractivity contribution is -0.188. The largest absolute Gasteiger partial charge is 0.348 e. The Bertz CT molecular complexity index is 201. The molecular formula is C11H19BrO2. The van der Waals surface area contributed by atoms with E-state index >= 15 is 0 Å². The maximum atomic E-state index is 5.75. The molecule has 1 aliphatic heterocycles. The Morgan fingerprint density at radius 3 is 2.43 bits per heavy atom. The number of ether oxygens (including phenoxy) is 2. The third kappa shape index (κ3) is 1.86. The van der Waals surface area contributed by atoms with Gasteiger partial charge in [-0.2, -0.15) is 0 Å². The molecule has 0 amide bonds. The molecule has 3 unspecified atom stereocenters. The van der Waals surface area contributed by atoms with Crippen LogP contribution in [-0.2, 0) is 9.47 Å². The topological polar surface area (TPSA) is 18.5 Å². The lowest BCUT2D eigenvalue weighted by atomic mass is 9.90. The Hall–Kier alpha value is 0.400. The van der Waals surface area contributed by atoms with E-state index in [0.717, 1.165) is 30.4 Å². The molecule has 3 atom stereocenters. The van der Waals surface area contributed by atoms with Gasteiger partial charge >= 0.3 is 0 Å². The van der Waals surface area contributed by atoms with E-state index in [1.54, 1.807) is 0 Å². The van der Waals surface area contributed by atoms with Crippen LogP contribution in [0.4, 0.5) is 0 Å². The van der Waals surface area contributed by atoms with Crippen molar-refractivity contribution in [3.63, 3.8) is 0 Å². The molecule has 0 spiro atoms. The van der Waals surface area contributed by atoms with Gasteiger partial charge in [-0.05, 0) is 31.6 Å². The highest BCUT2D eigenvalue weighted by Gasteiger charge is 2.46. The van der Waals surface area contributed by atoms with Crippen molar-refractivity contribution in [2.24, 2.45) is 17.8 Å². The van der Waals surface area contributed by atoms with Crippen molar-refractivity contribution in [1.29, 1.82) is 0 Å². The molecule has 2 aliphatic rings. The lowest BCUT2D eigenvalue weighted by Crippen LogP contribution is -2.37. The first kappa shape index (κ1) is 10.9. The summed E-state index contributed by atoms with van der Waals surface area (Å²) in [6, 6.07) is 0. The minimum absolute atomic E-state index is 0.295. The van der Waals surface area contributed by atoms with E-state index in [9.17, 15) is 0 Å². The molecule has 2 rings (SSSR count). The smallest absolute Gasteiger partial charge is 0.168 e. The van der Waals surface area contributed by atoms with Crippen molar-refractivity contribution in [3.8, 4) is 0 Å². The number of hydrogen-bond donors (Lipinski definition) is 0. The summed E-state index contributed by atoms with van der Waals surface area (Å²) in [5.74, 6) is 1.81. The van der Waals surface area contributed by atoms with Gasteiger partial charge in [0.25, 0.3) is 0 Å². The molecule has 2 fully saturated rings. The number of alkyl halides is 1. The molecule has 0 aromatic rings. The Morgan fingerprint density at radius 1 is 1.29 bits per heavy atom. The molecule has 0 aromatic heterocycles. The first-order valence-electron chi connectivity index (χ1n) is 5.49. The van der Waals surface area contributed by atoms with Crippen LogP contribution >= 0.6 is 15.9 Å². The summed E-state index contributed by atoms with van der Waals surface area (Å²) in [5, 5.41) is 1.12. The molecule has 0 aromatic carbocycles. The zero-order chi connectivity index (χ0) is 10.2. The molecule has 1 saturated heterocycles. The quantitative estimate of drug-likeness (QED) is 0.713. The molecule has 0 bridgehead atoms. The molecule has 0 radical (unpaired) electrons. The fourth-order valence-electron chi connectivity index (χ4n) is 2.98. The van der Waals surface area contributed by atoms with Crippen LogP contribution in [0, 0.1) is 17.8 Å². The van der Waals surface area contributed by atoms with Crippen LogP contribution in [-0.4, -0.2) is 24.3 Å². The van der Waals surface area contributed by atoms with E-state index in [1.807, 2.05) is 0 Å². The van der Waals surface area contributed by atoms with E-state index in [4.69, 9.17) is 9.47 Å². The Balaban J connectivity index is 2.03. The third-order valence-corrected chi connectivity index (χ3v) is 4.65. The van der Waals surface area contributed by atoms with Crippen LogP contribution in [0.25, 0.3) is 0 Å². The molecule has 0 N–H and O–H groups in total. The van der Waals surface area contributed by atoms with Gasteiger partial charge in [0, 0.05) is 11.2 Å². The number of rotatable bonds is 2. The van der Waals surface area contributed by atoms with Crippen molar-refractivity contribution in [1.82, 2.24) is 0 Å². The Morgan fingerprint density at radius 2 is 1.93 bits per heavy atom. The minimum atomic E-state index is -0.295. The predicted octanol–water partition coefficient (Wildman–Crippen LogP) is 2.81. The first-order valence-corrected chi connectivity index (χ1v) is 6.61. The average molecular weight is 263 g/mol. The molecule has 82 valence electrons. The third-order valence-electron chi connectivity index (χ3n) is 3.73. The minimum Gasteiger partial charge on any atom is -0.348 e. The molecule has 1 saturated carbocycles. The van der Waals surface area contributed by atoms with Crippen LogP contribution in [0.5, 0.6) is 0 Å². The van der Waals surface area contributed by atoms with Crippen molar-refractivity contribution >= 4 is 15.9 Å². The highest BCUT2D eigenvalue weighted by atomic mass is 79.9. The highest BCUT2D eigenvalue weighted by Crippen LogP contribution is 2.45. The fraction of sp³-hybridized carbons (Fsp3) is 1.00. The van der Waals surface area contributed by atoms with E-state index in [2.05, 4.69) is 29.8 Å². The summed E-state index contributed by atoms with van der Waals surface area (Å²) in [7, 11) is 0. The average Bonchev–Trinajstić information content (AvgIpc) is 2.73. The molecule has 3 heteroatoms. The summed E-state index contributed by atoms with van der Waals surface area (Å²) < 4.78 is 11.5. The van der Waals surface area contributed by atoms with Gasteiger partial charge in [-0.1, -0.05) is 22.9 Å². The number of hydrogen-bond acceptors (Lipinski definition) is 2. The van der Waals surface area contributed by atoms with E-state index < -0.39 is 0 Å². The van der Waals surface area contributed by atoms with Crippen molar-refractivity contribution in [2.45, 2.75) is 32.5 Å². The van der Waals surface area contributed by atoms with E-state index in [0.29, 0.717) is 5.92 Å². The monoisotopic (exact) mass is 262 g/mol. The molecule has 1 heterocycles. The van der Waals surface area contributed by atoms with Gasteiger partial charge in [-0.25, -0.2) is 0 Å². The second-order valence-electron chi connectivity index (χ2n) is 4.79. The summed E-state index contributed by atoms with van der Waals surface area (Å²) in [5.41, 5.74) is 0. The lowest BCUT2D eigenvalue weighted by Gasteiger charge is -2.32. The van der Waals surface area contributed by atoms with E-state index in [-0.39, 0.29) is 5.79 Å². The second-order valence-corrected chi connectivity index (χ2v) is 5.44. The Kier molecular flexibility index (Phi) is 3.20. The summed E-state index contributed by atoms with van der Waals surface area (Å²) in [4.78, 5) is 0. The van der Waals surface area contributed by atoms with Gasteiger partial charge in [0.2, 0.25) is 0 Å². The van der Waals surface area contributed by atoms with Crippen molar-refractivity contribution in [2.75, 3.05) is 18.5 Å². The zero-order valence-electron chi connectivity index (χ0n) is 8.96. The van der Waals surface area contributed by atoms with Crippen LogP contribution in [0.15, 0.2) is 0 Å². The number of halogens is 1. The van der Waals surface area contributed by atoms with Gasteiger partial charge in [0.05, 0.1) is 13.2 Å². The molecule has 1 aliphatic carbocycles. The highest BCUT2D eigenvalue weighted by molar-refractivity contribution is 9.09. The molecule has 2 nitrogen and oxygen atoms in total. The zero-order valence-corrected chi connectivity index (χ0v) is 10.5. The van der Waals surface area contributed by atoms with Crippen LogP contribution in [0.3, 0.4) is 0 Å². The SMILES string of the molecule is CC1CC(CBr)CC1C1(C)OCCO1. The van der Waals surface area contributed by atoms with Gasteiger partial charge in [0.1, 0.15) is 0 Å². The van der Waals surface area contributed by atoms with Gasteiger partial charge in [0.15, 0.2) is 5.79 Å². The van der Waals surface area contributed by atoms with Gasteiger partial charge < -0.3 is 9.47 Å². The standard InChI is InChI=1S/C11H19BrO2/c1-8-5-9(7-12)6-10(8)11(2)13-3-4-14-11/h8-10H,3-7H2,1-2H3. The van der Waals surface area contributed by atoms with Crippen molar-refractivity contribution < 1.29 is 9.47 Å². The van der Waals surface area contributed by atoms with Crippen LogP contribution < -0.4 is 0 Å². The van der Waals surface area contributed by atoms with Crippen molar-refractivity contribution in [3.05, 3.63) is 0 Å². The molecular weight excluding hydrogens is 244 g/mol. The maximum absolute atomic E-state index is 5.75. The maximum Gasteiger partial charge on any atom is 0.168 e. The summed E-state index contributed by atoms with van der Waals surface area (Å²) in [6.07, 6.45) is 2.54. The fourth-order valence-corrected chi connectivity index (χ4v) is 3.51. The van der Waals surface area contributed by atoms with E-state index in [1.165, 1.54) is 12.8 Å². The van der Waals surface area contributed by atoms with Crippen LogP contribution in [0.2, 0.25) is 0 Å². The second kappa shape index (κ2) is 4.11. The van der Waals surface area contributed by atoms with Gasteiger partial charge in [-0.15, -0.1) is 0 Å². The Labute approximate surface area is 94.5 Å². The molecule has 14 heavy (non-hydrogen) atoms. The first-order chi connectivity index (χ1) is 6.65. The van der Waals surface area contributed by atoms with Crippen LogP contribution in [0.1, 0.15) is 26.7 Å². The summed E-state index contributed by atoms with van der Waals surface area (Å²) >= 11 is 3.58. The normalized spacial score (nSPS) is 41.8. The van der Waals surface area contributed by atoms with Gasteiger partial charge in [-0.3, -0.25) is 0 Å². The summed E-state index contributed by atoms with van der Waals surface area (Å²) in [6.45, 7) is 5.96.